The summed E-state index contributed by atoms with van der Waals surface area (Å²) < 4.78 is 0. The van der Waals surface area contributed by atoms with Crippen LogP contribution in [-0.2, 0) is 13.1 Å². The number of nitrogens with two attached hydrogens (primary N) is 1. The minimum atomic E-state index is 0.825. The summed E-state index contributed by atoms with van der Waals surface area (Å²) in [6.07, 6.45) is 1.95. The quantitative estimate of drug-likeness (QED) is 0.768. The predicted octanol–water partition coefficient (Wildman–Crippen LogP) is 2.23. The second-order valence-electron chi connectivity index (χ2n) is 4.11. The first-order valence-electron chi connectivity index (χ1n) is 5.39. The third kappa shape index (κ3) is 2.87. The second-order valence-corrected chi connectivity index (χ2v) is 4.11. The molecule has 0 aliphatic heterocycles. The molecule has 0 amide bonds. The average Bonchev–Trinajstić information content (AvgIpc) is 2.70. The number of anilines is 1. The first-order valence-corrected chi connectivity index (χ1v) is 5.39. The van der Waals surface area contributed by atoms with Gasteiger partial charge >= 0.3 is 0 Å². The van der Waals surface area contributed by atoms with Crippen LogP contribution in [0.4, 0.5) is 5.69 Å². The van der Waals surface area contributed by atoms with Crippen molar-refractivity contribution >= 4 is 5.69 Å². The van der Waals surface area contributed by atoms with Crippen LogP contribution >= 0.6 is 0 Å². The highest BCUT2D eigenvalue weighted by molar-refractivity contribution is 5.40. The van der Waals surface area contributed by atoms with Gasteiger partial charge in [0.05, 0.1) is 0 Å². The minimum absolute atomic E-state index is 0.825. The summed E-state index contributed by atoms with van der Waals surface area (Å²) in [6.45, 7) is 1.83. The van der Waals surface area contributed by atoms with E-state index in [2.05, 4.69) is 29.1 Å². The fraction of sp³-hybridized carbons (Fsp3) is 0.231. The lowest BCUT2D eigenvalue weighted by atomic mass is 10.2. The molecule has 1 aromatic heterocycles. The van der Waals surface area contributed by atoms with Crippen LogP contribution in [0.1, 0.15) is 11.3 Å². The molecule has 0 saturated carbocycles. The summed E-state index contributed by atoms with van der Waals surface area (Å²) in [5, 5.41) is 0. The van der Waals surface area contributed by atoms with Crippen molar-refractivity contribution in [2.75, 3.05) is 12.8 Å². The third-order valence-corrected chi connectivity index (χ3v) is 2.51. The van der Waals surface area contributed by atoms with Gasteiger partial charge in [-0.2, -0.15) is 0 Å². The SMILES string of the molecule is CN(Cc1cccc(N)c1)Cc1ccc[nH]1. The molecule has 0 saturated heterocycles. The summed E-state index contributed by atoms with van der Waals surface area (Å²) in [7, 11) is 2.10. The van der Waals surface area contributed by atoms with Gasteiger partial charge in [0.1, 0.15) is 0 Å². The third-order valence-electron chi connectivity index (χ3n) is 2.51. The molecule has 2 rings (SSSR count). The summed E-state index contributed by atoms with van der Waals surface area (Å²) in [5.74, 6) is 0. The van der Waals surface area contributed by atoms with E-state index in [-0.39, 0.29) is 0 Å². The van der Waals surface area contributed by atoms with Crippen LogP contribution < -0.4 is 5.73 Å². The largest absolute Gasteiger partial charge is 0.399 e. The van der Waals surface area contributed by atoms with Gasteiger partial charge in [0.2, 0.25) is 0 Å². The molecule has 0 spiro atoms. The Balaban J connectivity index is 1.94. The number of nitrogen functional groups attached to an aromatic ring is 1. The van der Waals surface area contributed by atoms with Gasteiger partial charge in [0.15, 0.2) is 0 Å². The number of nitrogens with zero attached hydrogens (tertiary/aromatic N) is 1. The molecule has 16 heavy (non-hydrogen) atoms. The van der Waals surface area contributed by atoms with Gasteiger partial charge in [0, 0.05) is 30.7 Å². The maximum absolute atomic E-state index is 5.75. The van der Waals surface area contributed by atoms with Gasteiger partial charge in [0.25, 0.3) is 0 Å². The van der Waals surface area contributed by atoms with Crippen molar-refractivity contribution < 1.29 is 0 Å². The Hall–Kier alpha value is -1.74. The van der Waals surface area contributed by atoms with Crippen LogP contribution in [0.25, 0.3) is 0 Å². The maximum atomic E-state index is 5.75. The molecule has 3 nitrogen and oxygen atoms in total. The maximum Gasteiger partial charge on any atom is 0.0385 e. The van der Waals surface area contributed by atoms with Crippen LogP contribution in [-0.4, -0.2) is 16.9 Å². The smallest absolute Gasteiger partial charge is 0.0385 e. The highest BCUT2D eigenvalue weighted by Crippen LogP contribution is 2.10. The van der Waals surface area contributed by atoms with Crippen LogP contribution in [0.2, 0.25) is 0 Å². The molecule has 3 N–H and O–H groups in total. The standard InChI is InChI=1S/C13H17N3/c1-16(10-13-6-3-7-15-13)9-11-4-2-5-12(14)8-11/h2-8,15H,9-10,14H2,1H3. The van der Waals surface area contributed by atoms with Gasteiger partial charge in [-0.15, -0.1) is 0 Å². The zero-order valence-corrected chi connectivity index (χ0v) is 9.48. The van der Waals surface area contributed by atoms with E-state index in [0.717, 1.165) is 18.8 Å². The molecule has 1 heterocycles. The Labute approximate surface area is 95.9 Å². The fourth-order valence-electron chi connectivity index (χ4n) is 1.82. The predicted molar refractivity (Wildman–Crippen MR) is 66.8 cm³/mol. The van der Waals surface area contributed by atoms with E-state index in [4.69, 9.17) is 5.73 Å². The average molecular weight is 215 g/mol. The molecule has 0 aliphatic carbocycles. The van der Waals surface area contributed by atoms with E-state index in [0.29, 0.717) is 0 Å². The van der Waals surface area contributed by atoms with E-state index in [1.165, 1.54) is 11.3 Å². The highest BCUT2D eigenvalue weighted by atomic mass is 15.1. The van der Waals surface area contributed by atoms with Crippen molar-refractivity contribution in [1.82, 2.24) is 9.88 Å². The molecule has 3 heteroatoms. The summed E-state index contributed by atoms with van der Waals surface area (Å²) in [6, 6.07) is 12.1. The molecular formula is C13H17N3. The lowest BCUT2D eigenvalue weighted by Gasteiger charge is -2.16. The van der Waals surface area contributed by atoms with Crippen molar-refractivity contribution in [2.24, 2.45) is 0 Å². The van der Waals surface area contributed by atoms with Crippen molar-refractivity contribution in [2.45, 2.75) is 13.1 Å². The van der Waals surface area contributed by atoms with E-state index in [1.54, 1.807) is 0 Å². The van der Waals surface area contributed by atoms with E-state index in [9.17, 15) is 0 Å². The minimum Gasteiger partial charge on any atom is -0.399 e. The summed E-state index contributed by atoms with van der Waals surface area (Å²) in [4.78, 5) is 5.45. The molecular weight excluding hydrogens is 198 g/mol. The number of H-pyrrole nitrogens is 1. The van der Waals surface area contributed by atoms with E-state index in [1.807, 2.05) is 30.5 Å². The molecule has 0 aliphatic rings. The topological polar surface area (TPSA) is 45.0 Å². The Kier molecular flexibility index (Phi) is 3.27. The van der Waals surface area contributed by atoms with Crippen molar-refractivity contribution in [3.8, 4) is 0 Å². The van der Waals surface area contributed by atoms with Crippen LogP contribution in [0, 0.1) is 0 Å². The monoisotopic (exact) mass is 215 g/mol. The Morgan fingerprint density at radius 1 is 1.19 bits per heavy atom. The lowest BCUT2D eigenvalue weighted by Crippen LogP contribution is -2.17. The lowest BCUT2D eigenvalue weighted by molar-refractivity contribution is 0.316. The number of benzene rings is 1. The number of nitrogens with one attached hydrogen (secondary N) is 1. The van der Waals surface area contributed by atoms with Gasteiger partial charge in [-0.05, 0) is 36.9 Å². The zero-order valence-electron chi connectivity index (χ0n) is 9.48. The van der Waals surface area contributed by atoms with E-state index >= 15 is 0 Å². The normalized spacial score (nSPS) is 10.9. The first kappa shape index (κ1) is 10.8. The molecule has 1 aromatic carbocycles. The van der Waals surface area contributed by atoms with E-state index < -0.39 is 0 Å². The number of aromatic amines is 1. The summed E-state index contributed by atoms with van der Waals surface area (Å²) >= 11 is 0. The Morgan fingerprint density at radius 2 is 2.06 bits per heavy atom. The first-order chi connectivity index (χ1) is 7.74. The van der Waals surface area contributed by atoms with Crippen LogP contribution in [0.3, 0.4) is 0 Å². The molecule has 0 fully saturated rings. The van der Waals surface area contributed by atoms with Crippen molar-refractivity contribution in [1.29, 1.82) is 0 Å². The molecule has 0 radical (unpaired) electrons. The Bertz CT molecular complexity index is 434. The molecule has 84 valence electrons. The molecule has 2 aromatic rings. The van der Waals surface area contributed by atoms with Crippen molar-refractivity contribution in [3.05, 3.63) is 53.9 Å². The zero-order chi connectivity index (χ0) is 11.4. The van der Waals surface area contributed by atoms with Gasteiger partial charge < -0.3 is 10.7 Å². The van der Waals surface area contributed by atoms with Gasteiger partial charge in [-0.3, -0.25) is 4.90 Å². The van der Waals surface area contributed by atoms with Crippen molar-refractivity contribution in [3.63, 3.8) is 0 Å². The summed E-state index contributed by atoms with van der Waals surface area (Å²) in [5.41, 5.74) is 9.04. The fourth-order valence-corrected chi connectivity index (χ4v) is 1.82. The molecule has 0 atom stereocenters. The highest BCUT2D eigenvalue weighted by Gasteiger charge is 2.02. The van der Waals surface area contributed by atoms with Crippen LogP contribution in [0.5, 0.6) is 0 Å². The Morgan fingerprint density at radius 3 is 2.75 bits per heavy atom. The number of rotatable bonds is 4. The number of hydrogen-bond donors (Lipinski definition) is 2. The van der Waals surface area contributed by atoms with Crippen LogP contribution in [0.15, 0.2) is 42.6 Å². The number of hydrogen-bond acceptors (Lipinski definition) is 2. The number of aromatic nitrogens is 1. The molecule has 0 unspecified atom stereocenters. The van der Waals surface area contributed by atoms with Gasteiger partial charge in [-0.1, -0.05) is 12.1 Å². The molecule has 0 bridgehead atoms. The second kappa shape index (κ2) is 4.86. The van der Waals surface area contributed by atoms with Gasteiger partial charge in [-0.25, -0.2) is 0 Å².